The number of nitrogens with one attached hydrogen (secondary N) is 2. The molecule has 3 aromatic heterocycles. The molecule has 2 amide bonds. The number of hydrogen-bond acceptors (Lipinski definition) is 7. The SMILES string of the molecule is O=C(Nc1ccn(CC(F)F)n1)C1CCN(C(=O)c2ccc(Nc3nc4ccccc4n4ncnc34)cc2)CC1. The van der Waals surface area contributed by atoms with Gasteiger partial charge >= 0.3 is 0 Å². The third kappa shape index (κ3) is 5.17. The largest absolute Gasteiger partial charge is 0.339 e. The Morgan fingerprint density at radius 3 is 2.58 bits per heavy atom. The smallest absolute Gasteiger partial charge is 0.257 e. The number of benzene rings is 2. The Balaban J connectivity index is 1.06. The van der Waals surface area contributed by atoms with Crippen molar-refractivity contribution < 1.29 is 18.4 Å². The highest BCUT2D eigenvalue weighted by molar-refractivity contribution is 5.95. The summed E-state index contributed by atoms with van der Waals surface area (Å²) in [4.78, 5) is 36.5. The molecule has 5 aromatic rings. The maximum absolute atomic E-state index is 13.1. The lowest BCUT2D eigenvalue weighted by molar-refractivity contribution is -0.121. The average molecular weight is 546 g/mol. The second-order valence-corrected chi connectivity index (χ2v) is 9.52. The van der Waals surface area contributed by atoms with Crippen molar-refractivity contribution in [3.05, 3.63) is 72.7 Å². The molecular formula is C27H25F2N9O2. The molecule has 0 spiro atoms. The van der Waals surface area contributed by atoms with Crippen molar-refractivity contribution >= 4 is 45.8 Å². The van der Waals surface area contributed by atoms with Crippen LogP contribution in [0.25, 0.3) is 16.7 Å². The molecule has 204 valence electrons. The van der Waals surface area contributed by atoms with Gasteiger partial charge in [-0.1, -0.05) is 12.1 Å². The predicted molar refractivity (Wildman–Crippen MR) is 144 cm³/mol. The van der Waals surface area contributed by atoms with Crippen molar-refractivity contribution in [1.82, 2.24) is 34.3 Å². The van der Waals surface area contributed by atoms with Crippen molar-refractivity contribution in [1.29, 1.82) is 0 Å². The van der Waals surface area contributed by atoms with E-state index in [0.717, 1.165) is 21.4 Å². The maximum Gasteiger partial charge on any atom is 0.257 e. The van der Waals surface area contributed by atoms with Crippen LogP contribution < -0.4 is 10.6 Å². The number of carbonyl (C=O) groups excluding carboxylic acids is 2. The van der Waals surface area contributed by atoms with Crippen LogP contribution in [0.15, 0.2) is 67.1 Å². The zero-order valence-corrected chi connectivity index (χ0v) is 21.2. The minimum absolute atomic E-state index is 0.111. The van der Waals surface area contributed by atoms with Gasteiger partial charge in [0.1, 0.15) is 12.9 Å². The Labute approximate surface area is 226 Å². The van der Waals surface area contributed by atoms with E-state index < -0.39 is 13.0 Å². The standard InChI is InChI=1S/C27H25F2N9O2/c28-22(29)15-37-14-11-23(35-37)34-26(39)17-9-12-36(13-10-17)27(40)18-5-7-19(8-6-18)32-24-25-30-16-31-38(25)21-4-2-1-3-20(21)33-24/h1-8,11,14,16-17,22H,9-10,12-13,15H2,(H,32,33)(H,34,35,39). The lowest BCUT2D eigenvalue weighted by atomic mass is 9.95. The van der Waals surface area contributed by atoms with E-state index in [1.165, 1.54) is 18.6 Å². The number of aromatic nitrogens is 6. The fraction of sp³-hybridized carbons (Fsp3) is 0.259. The van der Waals surface area contributed by atoms with E-state index in [0.29, 0.717) is 43.0 Å². The van der Waals surface area contributed by atoms with Crippen LogP contribution in [0.2, 0.25) is 0 Å². The van der Waals surface area contributed by atoms with Gasteiger partial charge in [-0.05, 0) is 49.2 Å². The van der Waals surface area contributed by atoms with Gasteiger partial charge < -0.3 is 15.5 Å². The molecule has 1 fully saturated rings. The fourth-order valence-corrected chi connectivity index (χ4v) is 4.83. The van der Waals surface area contributed by atoms with Crippen LogP contribution in [0.4, 0.5) is 26.1 Å². The number of likely N-dealkylation sites (tertiary alicyclic amines) is 1. The van der Waals surface area contributed by atoms with E-state index in [1.807, 2.05) is 36.4 Å². The van der Waals surface area contributed by atoms with Crippen molar-refractivity contribution in [2.45, 2.75) is 25.8 Å². The van der Waals surface area contributed by atoms with Gasteiger partial charge in [0.2, 0.25) is 5.91 Å². The van der Waals surface area contributed by atoms with Crippen LogP contribution in [-0.2, 0) is 11.3 Å². The highest BCUT2D eigenvalue weighted by Crippen LogP contribution is 2.25. The molecule has 0 saturated carbocycles. The Kier molecular flexibility index (Phi) is 6.76. The molecule has 1 aliphatic rings. The third-order valence-electron chi connectivity index (χ3n) is 6.87. The van der Waals surface area contributed by atoms with Gasteiger partial charge in [0.25, 0.3) is 12.3 Å². The van der Waals surface area contributed by atoms with Gasteiger partial charge in [0.15, 0.2) is 17.3 Å². The average Bonchev–Trinajstić information content (AvgIpc) is 3.63. The summed E-state index contributed by atoms with van der Waals surface area (Å²) in [6.07, 6.45) is 1.35. The highest BCUT2D eigenvalue weighted by atomic mass is 19.3. The zero-order chi connectivity index (χ0) is 27.6. The van der Waals surface area contributed by atoms with Gasteiger partial charge in [-0.3, -0.25) is 14.3 Å². The first-order chi connectivity index (χ1) is 19.4. The molecule has 2 aromatic carbocycles. The van der Waals surface area contributed by atoms with Crippen LogP contribution in [0.3, 0.4) is 0 Å². The Morgan fingerprint density at radius 2 is 1.80 bits per heavy atom. The van der Waals surface area contributed by atoms with Crippen LogP contribution in [0, 0.1) is 5.92 Å². The Bertz CT molecular complexity index is 1670. The van der Waals surface area contributed by atoms with Crippen LogP contribution >= 0.6 is 0 Å². The van der Waals surface area contributed by atoms with E-state index in [9.17, 15) is 18.4 Å². The fourth-order valence-electron chi connectivity index (χ4n) is 4.83. The van der Waals surface area contributed by atoms with Crippen molar-refractivity contribution in [3.8, 4) is 0 Å². The van der Waals surface area contributed by atoms with Gasteiger partial charge in [-0.15, -0.1) is 0 Å². The molecule has 1 aliphatic heterocycles. The summed E-state index contributed by atoms with van der Waals surface area (Å²) < 4.78 is 27.8. The molecule has 0 unspecified atom stereocenters. The molecule has 6 rings (SSSR count). The number of rotatable bonds is 7. The van der Waals surface area contributed by atoms with E-state index in [1.54, 1.807) is 21.5 Å². The van der Waals surface area contributed by atoms with Crippen LogP contribution in [0.5, 0.6) is 0 Å². The molecule has 1 saturated heterocycles. The van der Waals surface area contributed by atoms with E-state index in [4.69, 9.17) is 0 Å². The summed E-state index contributed by atoms with van der Waals surface area (Å²) in [7, 11) is 0. The Morgan fingerprint density at radius 1 is 1.02 bits per heavy atom. The number of piperidine rings is 1. The van der Waals surface area contributed by atoms with Crippen molar-refractivity contribution in [2.24, 2.45) is 5.92 Å². The van der Waals surface area contributed by atoms with Gasteiger partial charge in [0, 0.05) is 42.5 Å². The van der Waals surface area contributed by atoms with Crippen molar-refractivity contribution in [2.75, 3.05) is 23.7 Å². The molecule has 0 radical (unpaired) electrons. The summed E-state index contributed by atoms with van der Waals surface area (Å²) >= 11 is 0. The van der Waals surface area contributed by atoms with Gasteiger partial charge in [-0.2, -0.15) is 10.2 Å². The van der Waals surface area contributed by atoms with E-state index in [-0.39, 0.29) is 23.6 Å². The van der Waals surface area contributed by atoms with Crippen LogP contribution in [-0.4, -0.2) is 65.6 Å². The summed E-state index contributed by atoms with van der Waals surface area (Å²) in [6.45, 7) is 0.338. The number of nitrogens with zero attached hydrogens (tertiary/aromatic N) is 7. The predicted octanol–water partition coefficient (Wildman–Crippen LogP) is 3.97. The summed E-state index contributed by atoms with van der Waals surface area (Å²) in [5.41, 5.74) is 3.50. The molecule has 13 heteroatoms. The summed E-state index contributed by atoms with van der Waals surface area (Å²) in [6, 6.07) is 16.3. The lowest BCUT2D eigenvalue weighted by Crippen LogP contribution is -2.41. The molecule has 2 N–H and O–H groups in total. The lowest BCUT2D eigenvalue weighted by Gasteiger charge is -2.31. The summed E-state index contributed by atoms with van der Waals surface area (Å²) in [5.74, 6) is 0.158. The van der Waals surface area contributed by atoms with Crippen LogP contribution in [0.1, 0.15) is 23.2 Å². The molecule has 40 heavy (non-hydrogen) atoms. The number of para-hydroxylation sites is 2. The van der Waals surface area contributed by atoms with E-state index >= 15 is 0 Å². The number of halogens is 2. The second-order valence-electron chi connectivity index (χ2n) is 9.52. The normalized spacial score (nSPS) is 14.2. The molecule has 4 heterocycles. The number of hydrogen-bond donors (Lipinski definition) is 2. The minimum atomic E-state index is -2.52. The molecular weight excluding hydrogens is 520 g/mol. The number of alkyl halides is 2. The molecule has 0 atom stereocenters. The molecule has 0 aliphatic carbocycles. The first kappa shape index (κ1) is 25.3. The first-order valence-electron chi connectivity index (χ1n) is 12.8. The highest BCUT2D eigenvalue weighted by Gasteiger charge is 2.28. The van der Waals surface area contributed by atoms with Gasteiger partial charge in [0.05, 0.1) is 11.0 Å². The number of amides is 2. The number of fused-ring (bicyclic) bond motifs is 3. The monoisotopic (exact) mass is 545 g/mol. The molecule has 0 bridgehead atoms. The van der Waals surface area contributed by atoms with E-state index in [2.05, 4.69) is 30.8 Å². The number of anilines is 3. The first-order valence-corrected chi connectivity index (χ1v) is 12.8. The summed E-state index contributed by atoms with van der Waals surface area (Å²) in [5, 5.41) is 14.2. The zero-order valence-electron chi connectivity index (χ0n) is 21.2. The second kappa shape index (κ2) is 10.7. The molecule has 11 nitrogen and oxygen atoms in total. The van der Waals surface area contributed by atoms with Gasteiger partial charge in [-0.25, -0.2) is 23.3 Å². The van der Waals surface area contributed by atoms with Crippen molar-refractivity contribution in [3.63, 3.8) is 0 Å². The number of carbonyl (C=O) groups is 2. The quantitative estimate of drug-likeness (QED) is 0.317. The minimum Gasteiger partial charge on any atom is -0.339 e. The maximum atomic E-state index is 13.1. The third-order valence-corrected chi connectivity index (χ3v) is 6.87. The topological polar surface area (TPSA) is 122 Å². The Hall–Kier alpha value is -4.94.